The van der Waals surface area contributed by atoms with E-state index in [0.29, 0.717) is 80.8 Å². The molecule has 1 aromatic rings. The molecule has 1 N–H and O–H groups in total. The summed E-state index contributed by atoms with van der Waals surface area (Å²) in [4.78, 5) is 44.4. The summed E-state index contributed by atoms with van der Waals surface area (Å²) in [5.41, 5.74) is 0. The summed E-state index contributed by atoms with van der Waals surface area (Å²) in [5, 5.41) is 2.97. The molecule has 5 rings (SSSR count). The summed E-state index contributed by atoms with van der Waals surface area (Å²) in [7, 11) is 1.60. The Kier molecular flexibility index (Phi) is 7.53. The lowest BCUT2D eigenvalue weighted by molar-refractivity contribution is -0.144. The fourth-order valence-electron chi connectivity index (χ4n) is 6.52. The highest BCUT2D eigenvalue weighted by atomic mass is 16.5. The van der Waals surface area contributed by atoms with E-state index in [2.05, 4.69) is 10.2 Å². The number of likely N-dealkylation sites (tertiary alicyclic amines) is 2. The number of carbonyl (C=O) groups is 3. The molecule has 9 nitrogen and oxygen atoms in total. The predicted molar refractivity (Wildman–Crippen MR) is 134 cm³/mol. The topological polar surface area (TPSA) is 91.4 Å². The number of hydrogen-bond donors (Lipinski definition) is 1. The van der Waals surface area contributed by atoms with Crippen LogP contribution >= 0.6 is 0 Å². The van der Waals surface area contributed by atoms with Gasteiger partial charge in [-0.25, -0.2) is 4.79 Å². The number of urea groups is 1. The maximum Gasteiger partial charge on any atom is 0.320 e. The van der Waals surface area contributed by atoms with Crippen LogP contribution in [0.2, 0.25) is 0 Å². The Morgan fingerprint density at radius 2 is 1.81 bits per heavy atom. The van der Waals surface area contributed by atoms with Crippen LogP contribution in [0.15, 0.2) is 24.3 Å². The lowest BCUT2D eigenvalue weighted by atomic mass is 9.76. The number of carbonyl (C=O) groups excluding carboxylic acids is 3. The largest absolute Gasteiger partial charge is 0.493 e. The van der Waals surface area contributed by atoms with Crippen molar-refractivity contribution in [2.75, 3.05) is 53.0 Å². The van der Waals surface area contributed by atoms with Crippen molar-refractivity contribution in [3.05, 3.63) is 24.3 Å². The Bertz CT molecular complexity index is 963. The first kappa shape index (κ1) is 24.7. The van der Waals surface area contributed by atoms with Gasteiger partial charge in [-0.15, -0.1) is 0 Å². The minimum absolute atomic E-state index is 0.0280. The van der Waals surface area contributed by atoms with Crippen molar-refractivity contribution in [3.8, 4) is 11.5 Å². The third-order valence-electron chi connectivity index (χ3n) is 8.31. The van der Waals surface area contributed by atoms with E-state index in [1.54, 1.807) is 7.11 Å². The molecular weight excluding hydrogens is 460 g/mol. The van der Waals surface area contributed by atoms with Gasteiger partial charge in [0.1, 0.15) is 6.61 Å². The molecule has 1 aromatic carbocycles. The highest BCUT2D eigenvalue weighted by Crippen LogP contribution is 2.38. The van der Waals surface area contributed by atoms with Crippen molar-refractivity contribution >= 4 is 17.8 Å². The highest BCUT2D eigenvalue weighted by molar-refractivity contribution is 5.80. The van der Waals surface area contributed by atoms with Crippen molar-refractivity contribution in [2.45, 2.75) is 44.6 Å². The normalized spacial score (nSPS) is 26.3. The molecule has 4 fully saturated rings. The number of ether oxygens (including phenoxy) is 2. The molecule has 196 valence electrons. The smallest absolute Gasteiger partial charge is 0.320 e. The van der Waals surface area contributed by atoms with Gasteiger partial charge in [0.25, 0.3) is 0 Å². The van der Waals surface area contributed by atoms with Crippen LogP contribution in [0.4, 0.5) is 4.79 Å². The van der Waals surface area contributed by atoms with E-state index in [1.807, 2.05) is 34.1 Å². The number of hydrogen-bond acceptors (Lipinski definition) is 5. The number of amides is 4. The van der Waals surface area contributed by atoms with Crippen LogP contribution in [-0.2, 0) is 9.59 Å². The van der Waals surface area contributed by atoms with Crippen LogP contribution in [0.25, 0.3) is 0 Å². The zero-order valence-corrected chi connectivity index (χ0v) is 21.2. The van der Waals surface area contributed by atoms with E-state index in [0.717, 1.165) is 38.9 Å². The molecule has 2 bridgehead atoms. The maximum absolute atomic E-state index is 13.3. The molecule has 36 heavy (non-hydrogen) atoms. The van der Waals surface area contributed by atoms with Crippen molar-refractivity contribution in [2.24, 2.45) is 17.8 Å². The summed E-state index contributed by atoms with van der Waals surface area (Å²) >= 11 is 0. The fraction of sp³-hybridized carbons (Fsp3) is 0.667. The van der Waals surface area contributed by atoms with Crippen molar-refractivity contribution in [1.82, 2.24) is 20.0 Å². The summed E-state index contributed by atoms with van der Waals surface area (Å²) in [6.07, 6.45) is 5.19. The number of para-hydroxylation sites is 2. The molecule has 4 saturated heterocycles. The quantitative estimate of drug-likeness (QED) is 0.608. The van der Waals surface area contributed by atoms with E-state index in [1.165, 1.54) is 0 Å². The predicted octanol–water partition coefficient (Wildman–Crippen LogP) is 2.36. The lowest BCUT2D eigenvalue weighted by Gasteiger charge is -2.53. The monoisotopic (exact) mass is 498 g/mol. The Labute approximate surface area is 213 Å². The number of rotatable bonds is 6. The summed E-state index contributed by atoms with van der Waals surface area (Å²) in [6, 6.07) is 7.85. The summed E-state index contributed by atoms with van der Waals surface area (Å²) in [6.45, 7) is 4.28. The van der Waals surface area contributed by atoms with Crippen molar-refractivity contribution in [3.63, 3.8) is 0 Å². The number of fused-ring (bicyclic) bond motifs is 4. The first-order chi connectivity index (χ1) is 17.5. The molecule has 4 heterocycles. The average molecular weight is 499 g/mol. The second kappa shape index (κ2) is 11.0. The van der Waals surface area contributed by atoms with Crippen LogP contribution in [-0.4, -0.2) is 91.6 Å². The molecule has 2 unspecified atom stereocenters. The van der Waals surface area contributed by atoms with E-state index in [9.17, 15) is 14.4 Å². The standard InChI is InChI=1S/C27H38N4O5/c1-35-23-6-2-3-7-24(23)36-14-11-28-26(33)20-9-12-29(13-10-20)27(34)30-16-19-15-21(18-30)22-5-4-8-25(32)31(22)17-19/h2-3,6-7,19-22H,4-5,8-18H2,1H3,(H,28,33)/t19?,21?,22-/m1/s1. The average Bonchev–Trinajstić information content (AvgIpc) is 2.91. The van der Waals surface area contributed by atoms with Crippen LogP contribution < -0.4 is 14.8 Å². The molecule has 4 amide bonds. The van der Waals surface area contributed by atoms with Gasteiger partial charge in [-0.2, -0.15) is 0 Å². The number of benzene rings is 1. The third-order valence-corrected chi connectivity index (χ3v) is 8.31. The molecule has 9 heteroatoms. The number of piperidine rings is 4. The van der Waals surface area contributed by atoms with E-state index in [-0.39, 0.29) is 17.9 Å². The third kappa shape index (κ3) is 5.25. The molecule has 0 spiro atoms. The maximum atomic E-state index is 13.3. The highest BCUT2D eigenvalue weighted by Gasteiger charge is 2.45. The van der Waals surface area contributed by atoms with Crippen LogP contribution in [0, 0.1) is 17.8 Å². The molecule has 4 aliphatic heterocycles. The molecule has 0 aliphatic carbocycles. The van der Waals surface area contributed by atoms with Crippen molar-refractivity contribution in [1.29, 1.82) is 0 Å². The second-order valence-electron chi connectivity index (χ2n) is 10.6. The molecule has 3 atom stereocenters. The molecular formula is C27H38N4O5. The van der Waals surface area contributed by atoms with E-state index < -0.39 is 0 Å². The zero-order valence-electron chi connectivity index (χ0n) is 21.2. The fourth-order valence-corrected chi connectivity index (χ4v) is 6.52. The van der Waals surface area contributed by atoms with Gasteiger partial charge in [0.2, 0.25) is 11.8 Å². The van der Waals surface area contributed by atoms with Gasteiger partial charge >= 0.3 is 6.03 Å². The van der Waals surface area contributed by atoms with E-state index in [4.69, 9.17) is 9.47 Å². The van der Waals surface area contributed by atoms with Gasteiger partial charge in [-0.1, -0.05) is 12.1 Å². The van der Waals surface area contributed by atoms with Gasteiger partial charge in [0.05, 0.1) is 13.7 Å². The minimum atomic E-state index is -0.0807. The number of nitrogens with zero attached hydrogens (tertiary/aromatic N) is 3. The first-order valence-corrected chi connectivity index (χ1v) is 13.4. The molecule has 0 saturated carbocycles. The molecule has 4 aliphatic rings. The van der Waals surface area contributed by atoms with Gasteiger partial charge in [0, 0.05) is 51.1 Å². The number of nitrogens with one attached hydrogen (secondary N) is 1. The summed E-state index contributed by atoms with van der Waals surface area (Å²) < 4.78 is 11.0. The van der Waals surface area contributed by atoms with Crippen LogP contribution in [0.5, 0.6) is 11.5 Å². The lowest BCUT2D eigenvalue weighted by Crippen LogP contribution is -2.62. The zero-order chi connectivity index (χ0) is 25.1. The number of methoxy groups -OCH3 is 1. The first-order valence-electron chi connectivity index (χ1n) is 13.4. The molecule has 0 aromatic heterocycles. The Balaban J connectivity index is 1.05. The minimum Gasteiger partial charge on any atom is -0.493 e. The second-order valence-corrected chi connectivity index (χ2v) is 10.6. The van der Waals surface area contributed by atoms with Crippen LogP contribution in [0.1, 0.15) is 38.5 Å². The molecule has 0 radical (unpaired) electrons. The Hall–Kier alpha value is -2.97. The Morgan fingerprint density at radius 1 is 1.03 bits per heavy atom. The van der Waals surface area contributed by atoms with Gasteiger partial charge in [0.15, 0.2) is 11.5 Å². The van der Waals surface area contributed by atoms with Gasteiger partial charge in [-0.05, 0) is 56.1 Å². The van der Waals surface area contributed by atoms with E-state index >= 15 is 0 Å². The SMILES string of the molecule is COc1ccccc1OCCNC(=O)C1CCN(C(=O)N2CC3CC(C2)[C@H]2CCCC(=O)N2C3)CC1. The van der Waals surface area contributed by atoms with Gasteiger partial charge < -0.3 is 29.5 Å². The van der Waals surface area contributed by atoms with Crippen LogP contribution in [0.3, 0.4) is 0 Å². The van der Waals surface area contributed by atoms with Gasteiger partial charge in [-0.3, -0.25) is 9.59 Å². The van der Waals surface area contributed by atoms with Crippen molar-refractivity contribution < 1.29 is 23.9 Å². The summed E-state index contributed by atoms with van der Waals surface area (Å²) in [5.74, 6) is 2.35. The Morgan fingerprint density at radius 3 is 2.58 bits per heavy atom.